The fourth-order valence-corrected chi connectivity index (χ4v) is 3.35. The molecule has 0 atom stereocenters. The summed E-state index contributed by atoms with van der Waals surface area (Å²) in [5.41, 5.74) is -0.751. The number of primary sulfonamides is 2. The lowest BCUT2D eigenvalue weighted by Crippen LogP contribution is -2.23. The highest BCUT2D eigenvalue weighted by Crippen LogP contribution is 2.22. The van der Waals surface area contributed by atoms with Crippen LogP contribution in [0.5, 0.6) is 0 Å². The maximum absolute atomic E-state index is 11.2. The molecule has 0 aliphatic heterocycles. The molecule has 0 saturated carbocycles. The molecule has 0 amide bonds. The minimum atomic E-state index is -4.53. The number of carbonyl (C=O) groups is 1. The lowest BCUT2D eigenvalue weighted by atomic mass is 10.2. The first-order valence-corrected chi connectivity index (χ1v) is 7.06. The molecule has 1 rings (SSSR count). The zero-order valence-corrected chi connectivity index (χ0v) is 9.82. The van der Waals surface area contributed by atoms with Crippen LogP contribution in [0.25, 0.3) is 0 Å². The smallest absolute Gasteiger partial charge is 0.337 e. The minimum absolute atomic E-state index is 0.751. The molecule has 17 heavy (non-hydrogen) atoms. The molecule has 0 radical (unpaired) electrons. The molecule has 0 aliphatic carbocycles. The molecule has 1 aromatic carbocycles. The average Bonchev–Trinajstić information content (AvgIpc) is 2.13. The Morgan fingerprint density at radius 1 is 1.06 bits per heavy atom. The van der Waals surface area contributed by atoms with Gasteiger partial charge in [-0.05, 0) is 12.1 Å². The van der Waals surface area contributed by atoms with Crippen LogP contribution in [0, 0.1) is 0 Å². The van der Waals surface area contributed by atoms with E-state index in [1.54, 1.807) is 0 Å². The first-order chi connectivity index (χ1) is 7.55. The lowest BCUT2D eigenvalue weighted by Gasteiger charge is -2.08. The van der Waals surface area contributed by atoms with E-state index in [-0.39, 0.29) is 0 Å². The topological polar surface area (TPSA) is 158 Å². The first-order valence-electron chi connectivity index (χ1n) is 3.97. The van der Waals surface area contributed by atoms with Crippen molar-refractivity contribution in [3.05, 3.63) is 23.8 Å². The van der Waals surface area contributed by atoms with Crippen molar-refractivity contribution in [1.29, 1.82) is 0 Å². The Bertz CT molecular complexity index is 676. The highest BCUT2D eigenvalue weighted by molar-refractivity contribution is 7.92. The van der Waals surface area contributed by atoms with Crippen LogP contribution in [-0.4, -0.2) is 27.9 Å². The Hall–Kier alpha value is -1.49. The third kappa shape index (κ3) is 2.79. The van der Waals surface area contributed by atoms with Crippen LogP contribution in [0.1, 0.15) is 10.4 Å². The van der Waals surface area contributed by atoms with Gasteiger partial charge in [-0.3, -0.25) is 0 Å². The van der Waals surface area contributed by atoms with E-state index in [1.807, 2.05) is 0 Å². The van der Waals surface area contributed by atoms with E-state index in [4.69, 9.17) is 15.4 Å². The van der Waals surface area contributed by atoms with Crippen molar-refractivity contribution >= 4 is 26.0 Å². The molecule has 0 unspecified atom stereocenters. The number of sulfonamides is 2. The molecule has 0 aliphatic rings. The number of nitrogens with two attached hydrogens (primary N) is 2. The summed E-state index contributed by atoms with van der Waals surface area (Å²) in [6.07, 6.45) is 0. The van der Waals surface area contributed by atoms with Gasteiger partial charge in [-0.1, -0.05) is 6.07 Å². The van der Waals surface area contributed by atoms with Gasteiger partial charge in [0.15, 0.2) is 0 Å². The molecule has 0 spiro atoms. The number of hydrogen-bond donors (Lipinski definition) is 3. The predicted molar refractivity (Wildman–Crippen MR) is 56.1 cm³/mol. The van der Waals surface area contributed by atoms with Crippen LogP contribution in [0.2, 0.25) is 0 Å². The maximum Gasteiger partial charge on any atom is 0.337 e. The van der Waals surface area contributed by atoms with Crippen LogP contribution in [0.15, 0.2) is 28.0 Å². The van der Waals surface area contributed by atoms with Gasteiger partial charge in [0.2, 0.25) is 20.0 Å². The summed E-state index contributed by atoms with van der Waals surface area (Å²) in [5, 5.41) is 18.3. The van der Waals surface area contributed by atoms with E-state index in [1.165, 1.54) is 0 Å². The Labute approximate surface area is 97.0 Å². The van der Waals surface area contributed by atoms with Crippen molar-refractivity contribution in [3.8, 4) is 0 Å². The van der Waals surface area contributed by atoms with E-state index in [0.29, 0.717) is 0 Å². The molecule has 0 fully saturated rings. The highest BCUT2D eigenvalue weighted by Gasteiger charge is 2.27. The Morgan fingerprint density at radius 2 is 1.59 bits per heavy atom. The third-order valence-electron chi connectivity index (χ3n) is 1.80. The molecular weight excluding hydrogens is 272 g/mol. The average molecular weight is 280 g/mol. The Balaban J connectivity index is 3.90. The number of carboxylic acids is 1. The fourth-order valence-electron chi connectivity index (χ4n) is 1.20. The van der Waals surface area contributed by atoms with Gasteiger partial charge in [0.1, 0.15) is 9.79 Å². The molecule has 0 aromatic heterocycles. The molecule has 5 N–H and O–H groups in total. The standard InChI is InChI=1S/C7H8N2O6S2/c8-16(12,13)5-3-1-2-4(7(10)11)6(5)17(9,14)15/h1-3H,(H,10,11)(H2,8,12,13)(H2,9,14,15). The summed E-state index contributed by atoms with van der Waals surface area (Å²) in [6.45, 7) is 0. The van der Waals surface area contributed by atoms with Crippen LogP contribution in [0.4, 0.5) is 0 Å². The normalized spacial score (nSPS) is 12.4. The summed E-state index contributed by atoms with van der Waals surface area (Å²) < 4.78 is 44.7. The van der Waals surface area contributed by atoms with Gasteiger partial charge in [0.25, 0.3) is 0 Å². The third-order valence-corrected chi connectivity index (χ3v) is 3.89. The second-order valence-corrected chi connectivity index (χ2v) is 6.06. The second-order valence-electron chi connectivity index (χ2n) is 3.03. The maximum atomic E-state index is 11.2. The number of aromatic carboxylic acids is 1. The lowest BCUT2D eigenvalue weighted by molar-refractivity contribution is 0.0692. The van der Waals surface area contributed by atoms with Gasteiger partial charge in [0.05, 0.1) is 5.56 Å². The molecule has 0 saturated heterocycles. The Morgan fingerprint density at radius 3 is 1.94 bits per heavy atom. The van der Waals surface area contributed by atoms with Gasteiger partial charge in [-0.2, -0.15) is 0 Å². The van der Waals surface area contributed by atoms with Gasteiger partial charge >= 0.3 is 5.97 Å². The molecule has 8 nitrogen and oxygen atoms in total. The van der Waals surface area contributed by atoms with Gasteiger partial charge in [-0.25, -0.2) is 31.9 Å². The molecular formula is C7H8N2O6S2. The Kier molecular flexibility index (Phi) is 3.25. The van der Waals surface area contributed by atoms with E-state index in [0.717, 1.165) is 18.2 Å². The number of rotatable bonds is 3. The first kappa shape index (κ1) is 13.6. The second kappa shape index (κ2) is 4.07. The minimum Gasteiger partial charge on any atom is -0.478 e. The molecule has 0 heterocycles. The van der Waals surface area contributed by atoms with Crippen LogP contribution >= 0.6 is 0 Å². The quantitative estimate of drug-likeness (QED) is 0.622. The van der Waals surface area contributed by atoms with Gasteiger partial charge in [0, 0.05) is 0 Å². The zero-order valence-electron chi connectivity index (χ0n) is 8.19. The number of benzene rings is 1. The SMILES string of the molecule is NS(=O)(=O)c1cccc(C(=O)O)c1S(N)(=O)=O. The fraction of sp³-hybridized carbons (Fsp3) is 0. The van der Waals surface area contributed by atoms with Crippen molar-refractivity contribution in [3.63, 3.8) is 0 Å². The van der Waals surface area contributed by atoms with E-state index >= 15 is 0 Å². The van der Waals surface area contributed by atoms with E-state index in [9.17, 15) is 21.6 Å². The molecule has 0 bridgehead atoms. The summed E-state index contributed by atoms with van der Waals surface area (Å²) in [5.74, 6) is -1.63. The van der Waals surface area contributed by atoms with Crippen LogP contribution in [-0.2, 0) is 20.0 Å². The van der Waals surface area contributed by atoms with Crippen molar-refractivity contribution in [2.45, 2.75) is 9.79 Å². The predicted octanol–water partition coefficient (Wildman–Crippen LogP) is -1.32. The van der Waals surface area contributed by atoms with E-state index in [2.05, 4.69) is 0 Å². The summed E-state index contributed by atoms with van der Waals surface area (Å²) in [4.78, 5) is 8.93. The largest absolute Gasteiger partial charge is 0.478 e. The number of hydrogen-bond acceptors (Lipinski definition) is 5. The van der Waals surface area contributed by atoms with Gasteiger partial charge in [-0.15, -0.1) is 0 Å². The zero-order chi connectivity index (χ0) is 13.4. The van der Waals surface area contributed by atoms with Crippen molar-refractivity contribution < 1.29 is 26.7 Å². The van der Waals surface area contributed by atoms with Crippen molar-refractivity contribution in [2.24, 2.45) is 10.3 Å². The molecule has 1 aromatic rings. The molecule has 94 valence electrons. The van der Waals surface area contributed by atoms with Crippen molar-refractivity contribution in [1.82, 2.24) is 0 Å². The van der Waals surface area contributed by atoms with Crippen molar-refractivity contribution in [2.75, 3.05) is 0 Å². The van der Waals surface area contributed by atoms with Gasteiger partial charge < -0.3 is 5.11 Å². The molecule has 10 heteroatoms. The van der Waals surface area contributed by atoms with Crippen LogP contribution < -0.4 is 10.3 Å². The van der Waals surface area contributed by atoms with Crippen LogP contribution in [0.3, 0.4) is 0 Å². The summed E-state index contributed by atoms with van der Waals surface area (Å²) >= 11 is 0. The summed E-state index contributed by atoms with van der Waals surface area (Å²) in [7, 11) is -8.93. The number of carboxylic acid groups (broad SMARTS) is 1. The summed E-state index contributed by atoms with van der Waals surface area (Å²) in [6, 6.07) is 2.83. The monoisotopic (exact) mass is 280 g/mol. The van der Waals surface area contributed by atoms with E-state index < -0.39 is 41.4 Å². The highest BCUT2D eigenvalue weighted by atomic mass is 32.2.